The molecule has 4 nitrogen and oxygen atoms in total. The van der Waals surface area contributed by atoms with Crippen LogP contribution in [0.5, 0.6) is 0 Å². The summed E-state index contributed by atoms with van der Waals surface area (Å²) in [4.78, 5) is 11.1. The van der Waals surface area contributed by atoms with Crippen molar-refractivity contribution in [2.75, 3.05) is 6.54 Å². The van der Waals surface area contributed by atoms with Gasteiger partial charge < -0.3 is 14.2 Å². The molecule has 0 aliphatic rings. The Morgan fingerprint density at radius 2 is 2.13 bits per heavy atom. The third-order valence-corrected chi connectivity index (χ3v) is 4.01. The molecule has 4 heteroatoms. The number of nitrogens with one attached hydrogen (secondary N) is 1. The van der Waals surface area contributed by atoms with Crippen LogP contribution in [0.3, 0.4) is 0 Å². The fourth-order valence-corrected chi connectivity index (χ4v) is 2.82. The minimum Gasteiger partial charge on any atom is -0.469 e. The van der Waals surface area contributed by atoms with Crippen LogP contribution < -0.4 is 5.32 Å². The van der Waals surface area contributed by atoms with Crippen LogP contribution in [0.25, 0.3) is 11.0 Å². The van der Waals surface area contributed by atoms with Crippen LogP contribution in [0.2, 0.25) is 0 Å². The van der Waals surface area contributed by atoms with Gasteiger partial charge in [0, 0.05) is 24.4 Å². The molecule has 0 spiro atoms. The predicted molar refractivity (Wildman–Crippen MR) is 89.5 cm³/mol. The Hall–Kier alpha value is -2.49. The zero-order chi connectivity index (χ0) is 16.2. The molecule has 3 rings (SSSR count). The third-order valence-electron chi connectivity index (χ3n) is 4.01. The second-order valence-corrected chi connectivity index (χ2v) is 5.68. The Morgan fingerprint density at radius 1 is 1.26 bits per heavy atom. The van der Waals surface area contributed by atoms with Gasteiger partial charge in [-0.15, -0.1) is 0 Å². The maximum Gasteiger partial charge on any atom is 0.216 e. The van der Waals surface area contributed by atoms with Gasteiger partial charge in [0.15, 0.2) is 0 Å². The average Bonchev–Trinajstić information content (AvgIpc) is 3.15. The highest BCUT2D eigenvalue weighted by Crippen LogP contribution is 2.29. The molecule has 2 heterocycles. The van der Waals surface area contributed by atoms with Gasteiger partial charge in [-0.25, -0.2) is 0 Å². The molecule has 3 aromatic rings. The van der Waals surface area contributed by atoms with E-state index in [2.05, 4.69) is 24.4 Å². The van der Waals surface area contributed by atoms with Crippen molar-refractivity contribution in [3.8, 4) is 0 Å². The zero-order valence-electron chi connectivity index (χ0n) is 13.5. The number of furan rings is 2. The summed E-state index contributed by atoms with van der Waals surface area (Å²) in [5, 5.41) is 3.99. The van der Waals surface area contributed by atoms with E-state index in [-0.39, 0.29) is 5.91 Å². The lowest BCUT2D eigenvalue weighted by Crippen LogP contribution is -2.22. The van der Waals surface area contributed by atoms with Crippen LogP contribution >= 0.6 is 0 Å². The molecule has 2 aromatic heterocycles. The summed E-state index contributed by atoms with van der Waals surface area (Å²) in [7, 11) is 0. The highest BCUT2D eigenvalue weighted by atomic mass is 16.3. The van der Waals surface area contributed by atoms with Crippen LogP contribution in [-0.2, 0) is 24.1 Å². The van der Waals surface area contributed by atoms with E-state index in [1.165, 1.54) is 12.5 Å². The molecule has 0 saturated heterocycles. The van der Waals surface area contributed by atoms with Gasteiger partial charge >= 0.3 is 0 Å². The summed E-state index contributed by atoms with van der Waals surface area (Å²) >= 11 is 0. The number of rotatable bonds is 6. The monoisotopic (exact) mass is 311 g/mol. The van der Waals surface area contributed by atoms with Gasteiger partial charge in [-0.3, -0.25) is 4.79 Å². The van der Waals surface area contributed by atoms with E-state index in [4.69, 9.17) is 8.83 Å². The summed E-state index contributed by atoms with van der Waals surface area (Å²) in [6, 6.07) is 10.1. The molecule has 1 amide bonds. The van der Waals surface area contributed by atoms with Crippen molar-refractivity contribution in [2.45, 2.75) is 33.1 Å². The summed E-state index contributed by atoms with van der Waals surface area (Å²) in [5.74, 6) is 1.77. The van der Waals surface area contributed by atoms with Gasteiger partial charge in [0.25, 0.3) is 0 Å². The Bertz CT molecular complexity index is 799. The maximum absolute atomic E-state index is 11.1. The van der Waals surface area contributed by atoms with Crippen LogP contribution in [0, 0.1) is 0 Å². The van der Waals surface area contributed by atoms with Crippen molar-refractivity contribution in [2.24, 2.45) is 0 Å². The van der Waals surface area contributed by atoms with Crippen molar-refractivity contribution >= 4 is 16.9 Å². The second kappa shape index (κ2) is 6.73. The fourth-order valence-electron chi connectivity index (χ4n) is 2.82. The molecular formula is C19H21NO3. The molecule has 1 N–H and O–H groups in total. The lowest BCUT2D eigenvalue weighted by molar-refractivity contribution is -0.118. The number of carbonyl (C=O) groups is 1. The van der Waals surface area contributed by atoms with E-state index >= 15 is 0 Å². The van der Waals surface area contributed by atoms with Crippen molar-refractivity contribution in [1.29, 1.82) is 0 Å². The molecule has 23 heavy (non-hydrogen) atoms. The van der Waals surface area contributed by atoms with Crippen LogP contribution in [0.15, 0.2) is 45.4 Å². The second-order valence-electron chi connectivity index (χ2n) is 5.68. The largest absolute Gasteiger partial charge is 0.469 e. The predicted octanol–water partition coefficient (Wildman–Crippen LogP) is 3.86. The molecule has 120 valence electrons. The molecule has 0 aliphatic carbocycles. The number of amides is 1. The van der Waals surface area contributed by atoms with E-state index < -0.39 is 0 Å². The summed E-state index contributed by atoms with van der Waals surface area (Å²) < 4.78 is 11.5. The van der Waals surface area contributed by atoms with Crippen LogP contribution in [-0.4, -0.2) is 12.5 Å². The Balaban J connectivity index is 1.96. The average molecular weight is 311 g/mol. The van der Waals surface area contributed by atoms with Crippen molar-refractivity contribution in [3.05, 3.63) is 59.2 Å². The number of carbonyl (C=O) groups excluding carboxylic acids is 1. The standard InChI is InChI=1S/C19H21NO3/c1-3-14-6-7-18-17(11-14)16(8-9-20-13(2)21)19(23-18)12-15-5-4-10-22-15/h4-7,10-11H,3,8-9,12H2,1-2H3,(H,20,21). The van der Waals surface area contributed by atoms with Gasteiger partial charge in [0.1, 0.15) is 17.1 Å². The van der Waals surface area contributed by atoms with Gasteiger partial charge in [0.05, 0.1) is 12.7 Å². The van der Waals surface area contributed by atoms with Crippen molar-refractivity contribution in [3.63, 3.8) is 0 Å². The minimum absolute atomic E-state index is 0.0142. The first-order valence-corrected chi connectivity index (χ1v) is 7.97. The Morgan fingerprint density at radius 3 is 2.83 bits per heavy atom. The Labute approximate surface area is 135 Å². The topological polar surface area (TPSA) is 55.4 Å². The van der Waals surface area contributed by atoms with Gasteiger partial charge in [-0.1, -0.05) is 13.0 Å². The molecular weight excluding hydrogens is 290 g/mol. The third kappa shape index (κ3) is 3.47. The van der Waals surface area contributed by atoms with Gasteiger partial charge in [0.2, 0.25) is 5.91 Å². The smallest absolute Gasteiger partial charge is 0.216 e. The number of fused-ring (bicyclic) bond motifs is 1. The van der Waals surface area contributed by atoms with E-state index in [0.717, 1.165) is 40.9 Å². The molecule has 0 bridgehead atoms. The minimum atomic E-state index is -0.0142. The fraction of sp³-hybridized carbons (Fsp3) is 0.316. The highest BCUT2D eigenvalue weighted by molar-refractivity contribution is 5.83. The van der Waals surface area contributed by atoms with E-state index in [9.17, 15) is 4.79 Å². The molecule has 0 atom stereocenters. The molecule has 0 aliphatic heterocycles. The Kier molecular flexibility index (Phi) is 4.51. The van der Waals surface area contributed by atoms with Crippen molar-refractivity contribution < 1.29 is 13.6 Å². The first-order chi connectivity index (χ1) is 11.2. The summed E-state index contributed by atoms with van der Waals surface area (Å²) in [6.07, 6.45) is 4.03. The van der Waals surface area contributed by atoms with Crippen molar-refractivity contribution in [1.82, 2.24) is 5.32 Å². The first-order valence-electron chi connectivity index (χ1n) is 7.97. The maximum atomic E-state index is 11.1. The number of benzene rings is 1. The molecule has 0 saturated carbocycles. The van der Waals surface area contributed by atoms with Crippen LogP contribution in [0.1, 0.15) is 36.5 Å². The molecule has 0 radical (unpaired) electrons. The molecule has 0 fully saturated rings. The quantitative estimate of drug-likeness (QED) is 0.752. The lowest BCUT2D eigenvalue weighted by Gasteiger charge is -2.04. The normalized spacial score (nSPS) is 11.0. The number of hydrogen-bond donors (Lipinski definition) is 1. The zero-order valence-corrected chi connectivity index (χ0v) is 13.5. The number of hydrogen-bond acceptors (Lipinski definition) is 3. The van der Waals surface area contributed by atoms with E-state index in [1.807, 2.05) is 18.2 Å². The summed E-state index contributed by atoms with van der Waals surface area (Å²) in [6.45, 7) is 4.28. The summed E-state index contributed by atoms with van der Waals surface area (Å²) in [5.41, 5.74) is 3.32. The first kappa shape index (κ1) is 15.4. The van der Waals surface area contributed by atoms with Crippen LogP contribution in [0.4, 0.5) is 0 Å². The van der Waals surface area contributed by atoms with E-state index in [0.29, 0.717) is 13.0 Å². The van der Waals surface area contributed by atoms with Gasteiger partial charge in [-0.05, 0) is 42.7 Å². The highest BCUT2D eigenvalue weighted by Gasteiger charge is 2.16. The number of aryl methyl sites for hydroxylation is 1. The molecule has 0 unspecified atom stereocenters. The molecule has 1 aromatic carbocycles. The van der Waals surface area contributed by atoms with E-state index in [1.54, 1.807) is 6.26 Å². The van der Waals surface area contributed by atoms with Gasteiger partial charge in [-0.2, -0.15) is 0 Å². The SMILES string of the molecule is CCc1ccc2oc(Cc3ccco3)c(CCNC(C)=O)c2c1. The lowest BCUT2D eigenvalue weighted by atomic mass is 10.0.